The summed E-state index contributed by atoms with van der Waals surface area (Å²) in [6.07, 6.45) is 1.80. The molecule has 0 radical (unpaired) electrons. The van der Waals surface area contributed by atoms with E-state index in [1.54, 1.807) is 0 Å². The molecule has 9 heteroatoms. The van der Waals surface area contributed by atoms with E-state index in [9.17, 15) is 9.59 Å². The highest BCUT2D eigenvalue weighted by Gasteiger charge is 2.09. The van der Waals surface area contributed by atoms with Gasteiger partial charge in [0.25, 0.3) is 10.8 Å². The minimum atomic E-state index is -0.473. The summed E-state index contributed by atoms with van der Waals surface area (Å²) in [7, 11) is 0. The maximum absolute atomic E-state index is 11.5. The molecule has 0 aliphatic rings. The van der Waals surface area contributed by atoms with Crippen LogP contribution in [0.25, 0.3) is 0 Å². The zero-order valence-electron chi connectivity index (χ0n) is 11.3. The number of nitriles is 1. The van der Waals surface area contributed by atoms with E-state index < -0.39 is 11.2 Å². The second kappa shape index (κ2) is 6.90. The predicted molar refractivity (Wildman–Crippen MR) is 74.8 cm³/mol. The molecule has 0 aliphatic heterocycles. The number of rotatable bonds is 6. The number of hydrogen-bond donors (Lipinski definition) is 1. The fourth-order valence-electron chi connectivity index (χ4n) is 1.47. The zero-order valence-corrected chi connectivity index (χ0v) is 12.1. The molecule has 1 unspecified atom stereocenters. The van der Waals surface area contributed by atoms with Crippen molar-refractivity contribution in [3.63, 3.8) is 0 Å². The van der Waals surface area contributed by atoms with Crippen LogP contribution in [0.1, 0.15) is 12.8 Å². The molecule has 2 aromatic heterocycles. The van der Waals surface area contributed by atoms with Crippen LogP contribution in [0.3, 0.4) is 0 Å². The Kier molecular flexibility index (Phi) is 4.94. The molecule has 1 N–H and O–H groups in total. The summed E-state index contributed by atoms with van der Waals surface area (Å²) in [6.45, 7) is 2.14. The van der Waals surface area contributed by atoms with E-state index in [4.69, 9.17) is 9.68 Å². The van der Waals surface area contributed by atoms with E-state index in [1.807, 2.05) is 6.92 Å². The molecule has 0 fully saturated rings. The Hall–Kier alpha value is -2.34. The maximum Gasteiger partial charge on any atom is 0.328 e. The fraction of sp³-hybridized carbons (Fsp3) is 0.417. The lowest BCUT2D eigenvalue weighted by atomic mass is 10.3. The Morgan fingerprint density at radius 2 is 2.33 bits per heavy atom. The summed E-state index contributed by atoms with van der Waals surface area (Å²) >= 11 is 1.32. The van der Waals surface area contributed by atoms with Gasteiger partial charge >= 0.3 is 5.69 Å². The summed E-state index contributed by atoms with van der Waals surface area (Å²) in [5, 5.41) is 16.8. The smallest absolute Gasteiger partial charge is 0.328 e. The Morgan fingerprint density at radius 3 is 3.05 bits per heavy atom. The van der Waals surface area contributed by atoms with Crippen LogP contribution in [0.4, 0.5) is 0 Å². The fourth-order valence-corrected chi connectivity index (χ4v) is 2.19. The highest BCUT2D eigenvalue weighted by molar-refractivity contribution is 7.99. The first-order chi connectivity index (χ1) is 10.1. The SMILES string of the molecule is CC(C#N)CSc1nnc(CCn2ccc(=O)[nH]c2=O)o1. The Morgan fingerprint density at radius 1 is 1.52 bits per heavy atom. The van der Waals surface area contributed by atoms with Crippen LogP contribution < -0.4 is 11.2 Å². The first kappa shape index (κ1) is 15.1. The van der Waals surface area contributed by atoms with Crippen molar-refractivity contribution in [1.82, 2.24) is 19.7 Å². The van der Waals surface area contributed by atoms with E-state index in [0.29, 0.717) is 29.8 Å². The van der Waals surface area contributed by atoms with Crippen molar-refractivity contribution < 1.29 is 4.42 Å². The molecule has 110 valence electrons. The first-order valence-electron chi connectivity index (χ1n) is 6.23. The van der Waals surface area contributed by atoms with Crippen LogP contribution in [0.15, 0.2) is 31.5 Å². The Bertz CT molecular complexity index is 757. The molecule has 0 aromatic carbocycles. The highest BCUT2D eigenvalue weighted by Crippen LogP contribution is 2.19. The molecular weight excluding hydrogens is 294 g/mol. The quantitative estimate of drug-likeness (QED) is 0.768. The van der Waals surface area contributed by atoms with Crippen LogP contribution in [-0.4, -0.2) is 25.5 Å². The molecule has 1 atom stereocenters. The molecule has 0 saturated heterocycles. The van der Waals surface area contributed by atoms with Gasteiger partial charge in [-0.1, -0.05) is 11.8 Å². The van der Waals surface area contributed by atoms with Gasteiger partial charge in [-0.05, 0) is 6.92 Å². The van der Waals surface area contributed by atoms with Gasteiger partial charge in [-0.15, -0.1) is 10.2 Å². The summed E-state index contributed by atoms with van der Waals surface area (Å²) in [6, 6.07) is 3.40. The van der Waals surface area contributed by atoms with Crippen LogP contribution in [-0.2, 0) is 13.0 Å². The number of aryl methyl sites for hydroxylation is 2. The van der Waals surface area contributed by atoms with Crippen molar-refractivity contribution in [3.05, 3.63) is 39.0 Å². The molecule has 2 rings (SSSR count). The van der Waals surface area contributed by atoms with Crippen molar-refractivity contribution in [2.75, 3.05) is 5.75 Å². The Labute approximate surface area is 123 Å². The van der Waals surface area contributed by atoms with Gasteiger partial charge < -0.3 is 8.98 Å². The van der Waals surface area contributed by atoms with Crippen LogP contribution in [0, 0.1) is 17.2 Å². The number of aromatic amines is 1. The molecule has 8 nitrogen and oxygen atoms in total. The minimum absolute atomic E-state index is 0.0925. The van der Waals surface area contributed by atoms with Crippen molar-refractivity contribution in [2.45, 2.75) is 25.1 Å². The summed E-state index contributed by atoms with van der Waals surface area (Å²) in [4.78, 5) is 24.6. The monoisotopic (exact) mass is 307 g/mol. The van der Waals surface area contributed by atoms with E-state index in [1.165, 1.54) is 28.6 Å². The largest absolute Gasteiger partial charge is 0.416 e. The second-order valence-corrected chi connectivity index (χ2v) is 5.33. The zero-order chi connectivity index (χ0) is 15.2. The molecule has 0 bridgehead atoms. The number of thioether (sulfide) groups is 1. The average Bonchev–Trinajstić information content (AvgIpc) is 2.92. The van der Waals surface area contributed by atoms with Crippen molar-refractivity contribution in [2.24, 2.45) is 5.92 Å². The number of aromatic nitrogens is 4. The molecular formula is C12H13N5O3S. The Balaban J connectivity index is 1.92. The second-order valence-electron chi connectivity index (χ2n) is 4.36. The summed E-state index contributed by atoms with van der Waals surface area (Å²) in [5.41, 5.74) is -0.904. The van der Waals surface area contributed by atoms with E-state index in [-0.39, 0.29) is 5.92 Å². The standard InChI is InChI=1S/C12H13N5O3S/c1-8(6-13)7-21-12-16-15-10(20-12)3-5-17-4-2-9(18)14-11(17)19/h2,4,8H,3,5,7H2,1H3,(H,14,18,19). The molecule has 0 saturated carbocycles. The number of nitrogens with zero attached hydrogens (tertiary/aromatic N) is 4. The van der Waals surface area contributed by atoms with Gasteiger partial charge in [0.1, 0.15) is 0 Å². The van der Waals surface area contributed by atoms with Crippen molar-refractivity contribution >= 4 is 11.8 Å². The number of H-pyrrole nitrogens is 1. The van der Waals surface area contributed by atoms with Crippen LogP contribution >= 0.6 is 11.8 Å². The van der Waals surface area contributed by atoms with Crippen molar-refractivity contribution in [1.29, 1.82) is 5.26 Å². The van der Waals surface area contributed by atoms with Gasteiger partial charge in [-0.3, -0.25) is 9.78 Å². The predicted octanol–water partition coefficient (Wildman–Crippen LogP) is 0.414. The average molecular weight is 307 g/mol. The van der Waals surface area contributed by atoms with E-state index in [2.05, 4.69) is 21.3 Å². The normalized spacial score (nSPS) is 12.0. The third-order valence-corrected chi connectivity index (χ3v) is 3.67. The maximum atomic E-state index is 11.5. The molecule has 0 spiro atoms. The number of hydrogen-bond acceptors (Lipinski definition) is 7. The number of nitrogens with one attached hydrogen (secondary N) is 1. The summed E-state index contributed by atoms with van der Waals surface area (Å²) < 4.78 is 6.77. The van der Waals surface area contributed by atoms with E-state index in [0.717, 1.165) is 0 Å². The highest BCUT2D eigenvalue weighted by atomic mass is 32.2. The van der Waals surface area contributed by atoms with Crippen LogP contribution in [0.2, 0.25) is 0 Å². The van der Waals surface area contributed by atoms with Gasteiger partial charge in [0.15, 0.2) is 0 Å². The molecule has 0 amide bonds. The molecule has 0 aliphatic carbocycles. The lowest BCUT2D eigenvalue weighted by molar-refractivity contribution is 0.403. The third kappa shape index (κ3) is 4.32. The van der Waals surface area contributed by atoms with Gasteiger partial charge in [0, 0.05) is 31.0 Å². The van der Waals surface area contributed by atoms with Gasteiger partial charge in [-0.25, -0.2) is 4.79 Å². The van der Waals surface area contributed by atoms with Crippen LogP contribution in [0.5, 0.6) is 0 Å². The third-order valence-electron chi connectivity index (χ3n) is 2.59. The molecule has 2 heterocycles. The molecule has 21 heavy (non-hydrogen) atoms. The minimum Gasteiger partial charge on any atom is -0.416 e. The van der Waals surface area contributed by atoms with Gasteiger partial charge in [-0.2, -0.15) is 5.26 Å². The first-order valence-corrected chi connectivity index (χ1v) is 7.21. The van der Waals surface area contributed by atoms with Gasteiger partial charge in [0.05, 0.1) is 12.0 Å². The lowest BCUT2D eigenvalue weighted by Gasteiger charge is -2.01. The van der Waals surface area contributed by atoms with E-state index >= 15 is 0 Å². The topological polar surface area (TPSA) is 118 Å². The van der Waals surface area contributed by atoms with Crippen molar-refractivity contribution in [3.8, 4) is 6.07 Å². The lowest BCUT2D eigenvalue weighted by Crippen LogP contribution is -2.29. The molecule has 2 aromatic rings. The summed E-state index contributed by atoms with van der Waals surface area (Å²) in [5.74, 6) is 0.891. The van der Waals surface area contributed by atoms with Gasteiger partial charge in [0.2, 0.25) is 5.89 Å².